The topological polar surface area (TPSA) is 83.6 Å². The lowest BCUT2D eigenvalue weighted by Crippen LogP contribution is -2.65. The van der Waals surface area contributed by atoms with Crippen molar-refractivity contribution in [2.45, 2.75) is 44.3 Å². The highest BCUT2D eigenvalue weighted by atomic mass is 32.2. The van der Waals surface area contributed by atoms with Gasteiger partial charge in [-0.05, 0) is 32.1 Å². The van der Waals surface area contributed by atoms with E-state index in [0.717, 1.165) is 12.8 Å². The molecule has 0 aromatic carbocycles. The van der Waals surface area contributed by atoms with Crippen LogP contribution in [0, 0.1) is 5.92 Å². The van der Waals surface area contributed by atoms with Gasteiger partial charge in [-0.15, -0.1) is 0 Å². The molecule has 2 amide bonds. The molecule has 1 N–H and O–H groups in total. The fraction of sp³-hybridized carbons (Fsp3) is 0.833. The predicted molar refractivity (Wildman–Crippen MR) is 68.0 cm³/mol. The number of hydrogen-bond acceptors (Lipinski definition) is 4. The van der Waals surface area contributed by atoms with Gasteiger partial charge in [-0.2, -0.15) is 0 Å². The SMILES string of the molecule is CC1C(=O)NC(C2CC2)C(=O)N1C1CCS(=O)(=O)C1. The Morgan fingerprint density at radius 3 is 2.42 bits per heavy atom. The molecule has 0 spiro atoms. The third-order valence-corrected chi connectivity index (χ3v) is 6.06. The average molecular weight is 286 g/mol. The lowest BCUT2D eigenvalue weighted by atomic mass is 10.0. The smallest absolute Gasteiger partial charge is 0.246 e. The molecule has 106 valence electrons. The van der Waals surface area contributed by atoms with Gasteiger partial charge in [0, 0.05) is 6.04 Å². The molecule has 19 heavy (non-hydrogen) atoms. The van der Waals surface area contributed by atoms with Crippen LogP contribution in [0.5, 0.6) is 0 Å². The molecule has 3 fully saturated rings. The summed E-state index contributed by atoms with van der Waals surface area (Å²) in [6, 6.07) is -1.34. The zero-order chi connectivity index (χ0) is 13.8. The van der Waals surface area contributed by atoms with Gasteiger partial charge in [0.2, 0.25) is 11.8 Å². The molecule has 1 aliphatic carbocycles. The van der Waals surface area contributed by atoms with E-state index in [1.54, 1.807) is 6.92 Å². The van der Waals surface area contributed by atoms with E-state index in [1.807, 2.05) is 0 Å². The Morgan fingerprint density at radius 1 is 1.21 bits per heavy atom. The Morgan fingerprint density at radius 2 is 1.89 bits per heavy atom. The molecule has 2 saturated heterocycles. The van der Waals surface area contributed by atoms with Gasteiger partial charge in [0.1, 0.15) is 12.1 Å². The van der Waals surface area contributed by atoms with Crippen LogP contribution in [-0.2, 0) is 19.4 Å². The first-order valence-electron chi connectivity index (χ1n) is 6.72. The van der Waals surface area contributed by atoms with Gasteiger partial charge in [0.05, 0.1) is 11.5 Å². The Bertz CT molecular complexity index is 526. The quantitative estimate of drug-likeness (QED) is 0.727. The number of carbonyl (C=O) groups is 2. The Kier molecular flexibility index (Phi) is 2.85. The van der Waals surface area contributed by atoms with Crippen LogP contribution in [-0.4, -0.2) is 54.8 Å². The summed E-state index contributed by atoms with van der Waals surface area (Å²) in [6.07, 6.45) is 2.37. The van der Waals surface area contributed by atoms with Crippen LogP contribution in [0.15, 0.2) is 0 Å². The van der Waals surface area contributed by atoms with Gasteiger partial charge < -0.3 is 10.2 Å². The summed E-state index contributed by atoms with van der Waals surface area (Å²) in [4.78, 5) is 26.0. The van der Waals surface area contributed by atoms with E-state index in [0.29, 0.717) is 6.42 Å². The van der Waals surface area contributed by atoms with Gasteiger partial charge in [-0.1, -0.05) is 0 Å². The van der Waals surface area contributed by atoms with Crippen molar-refractivity contribution in [2.24, 2.45) is 5.92 Å². The number of amides is 2. The fourth-order valence-electron chi connectivity index (χ4n) is 3.05. The molecule has 0 bridgehead atoms. The number of nitrogens with one attached hydrogen (secondary N) is 1. The summed E-state index contributed by atoms with van der Waals surface area (Å²) in [7, 11) is -3.06. The Balaban J connectivity index is 1.84. The van der Waals surface area contributed by atoms with Crippen LogP contribution in [0.25, 0.3) is 0 Å². The van der Waals surface area contributed by atoms with E-state index in [4.69, 9.17) is 0 Å². The summed E-state index contributed by atoms with van der Waals surface area (Å²) in [6.45, 7) is 1.67. The number of rotatable bonds is 2. The van der Waals surface area contributed by atoms with Gasteiger partial charge in [0.25, 0.3) is 0 Å². The molecule has 6 nitrogen and oxygen atoms in total. The van der Waals surface area contributed by atoms with E-state index in [-0.39, 0.29) is 35.3 Å². The molecule has 3 rings (SSSR count). The molecule has 7 heteroatoms. The van der Waals surface area contributed by atoms with Gasteiger partial charge in [-0.25, -0.2) is 8.42 Å². The maximum absolute atomic E-state index is 12.5. The number of nitrogens with zero attached hydrogens (tertiary/aromatic N) is 1. The zero-order valence-electron chi connectivity index (χ0n) is 10.8. The molecule has 3 unspecified atom stereocenters. The molecule has 3 aliphatic rings. The third-order valence-electron chi connectivity index (χ3n) is 4.31. The van der Waals surface area contributed by atoms with Gasteiger partial charge in [-0.3, -0.25) is 9.59 Å². The minimum Gasteiger partial charge on any atom is -0.342 e. The summed E-state index contributed by atoms with van der Waals surface area (Å²) in [5.41, 5.74) is 0. The fourth-order valence-corrected chi connectivity index (χ4v) is 4.76. The first-order valence-corrected chi connectivity index (χ1v) is 8.54. The highest BCUT2D eigenvalue weighted by molar-refractivity contribution is 7.91. The van der Waals surface area contributed by atoms with Crippen molar-refractivity contribution in [2.75, 3.05) is 11.5 Å². The minimum atomic E-state index is -3.06. The number of hydrogen-bond donors (Lipinski definition) is 1. The summed E-state index contributed by atoms with van der Waals surface area (Å²) in [5, 5.41) is 2.77. The third kappa shape index (κ3) is 2.24. The van der Waals surface area contributed by atoms with Crippen molar-refractivity contribution in [1.29, 1.82) is 0 Å². The van der Waals surface area contributed by atoms with Crippen LogP contribution in [0.4, 0.5) is 0 Å². The monoisotopic (exact) mass is 286 g/mol. The summed E-state index contributed by atoms with van der Waals surface area (Å²) >= 11 is 0. The lowest BCUT2D eigenvalue weighted by molar-refractivity contribution is -0.151. The maximum Gasteiger partial charge on any atom is 0.246 e. The van der Waals surface area contributed by atoms with Crippen LogP contribution in [0.3, 0.4) is 0 Å². The van der Waals surface area contributed by atoms with Gasteiger partial charge in [0.15, 0.2) is 9.84 Å². The van der Waals surface area contributed by atoms with Crippen LogP contribution in [0.1, 0.15) is 26.2 Å². The van der Waals surface area contributed by atoms with Crippen molar-refractivity contribution in [1.82, 2.24) is 10.2 Å². The molecule has 1 saturated carbocycles. The molecule has 0 aromatic rings. The zero-order valence-corrected chi connectivity index (χ0v) is 11.6. The normalized spacial score (nSPS) is 38.4. The second kappa shape index (κ2) is 4.19. The van der Waals surface area contributed by atoms with Crippen LogP contribution in [0.2, 0.25) is 0 Å². The number of sulfone groups is 1. The molecule has 0 radical (unpaired) electrons. The highest BCUT2D eigenvalue weighted by Gasteiger charge is 2.49. The van der Waals surface area contributed by atoms with Gasteiger partial charge >= 0.3 is 0 Å². The first-order chi connectivity index (χ1) is 8.89. The van der Waals surface area contributed by atoms with E-state index in [1.165, 1.54) is 4.90 Å². The maximum atomic E-state index is 12.5. The average Bonchev–Trinajstić information content (AvgIpc) is 3.09. The van der Waals surface area contributed by atoms with E-state index in [2.05, 4.69) is 5.32 Å². The van der Waals surface area contributed by atoms with Crippen molar-refractivity contribution < 1.29 is 18.0 Å². The largest absolute Gasteiger partial charge is 0.342 e. The highest BCUT2D eigenvalue weighted by Crippen LogP contribution is 2.36. The minimum absolute atomic E-state index is 0.00620. The molecule has 2 heterocycles. The number of carbonyl (C=O) groups excluding carboxylic acids is 2. The van der Waals surface area contributed by atoms with Crippen molar-refractivity contribution in [3.8, 4) is 0 Å². The molecule has 2 aliphatic heterocycles. The molecular weight excluding hydrogens is 268 g/mol. The van der Waals surface area contributed by atoms with Crippen molar-refractivity contribution in [3.63, 3.8) is 0 Å². The summed E-state index contributed by atoms with van der Waals surface area (Å²) in [5.74, 6) is 0.0828. The molecule has 0 aromatic heterocycles. The number of piperazine rings is 1. The van der Waals surface area contributed by atoms with Crippen molar-refractivity contribution >= 4 is 21.7 Å². The van der Waals surface area contributed by atoms with E-state index in [9.17, 15) is 18.0 Å². The molecule has 3 atom stereocenters. The van der Waals surface area contributed by atoms with Crippen LogP contribution >= 0.6 is 0 Å². The molecular formula is C12H18N2O4S. The first kappa shape index (κ1) is 12.9. The van der Waals surface area contributed by atoms with Crippen LogP contribution < -0.4 is 5.32 Å². The summed E-state index contributed by atoms with van der Waals surface area (Å²) < 4.78 is 23.1. The second-order valence-electron chi connectivity index (χ2n) is 5.80. The standard InChI is InChI=1S/C12H18N2O4S/c1-7-11(15)13-10(8-2-3-8)12(16)14(7)9-4-5-19(17,18)6-9/h7-10H,2-6H2,1H3,(H,13,15). The Labute approximate surface area is 112 Å². The Hall–Kier alpha value is -1.11. The second-order valence-corrected chi connectivity index (χ2v) is 8.03. The lowest BCUT2D eigenvalue weighted by Gasteiger charge is -2.40. The van der Waals surface area contributed by atoms with Crippen molar-refractivity contribution in [3.05, 3.63) is 0 Å². The van der Waals surface area contributed by atoms with E-state index >= 15 is 0 Å². The van der Waals surface area contributed by atoms with E-state index < -0.39 is 21.9 Å². The predicted octanol–water partition coefficient (Wildman–Crippen LogP) is -0.701.